The Balaban J connectivity index is 1.78. The minimum Gasteiger partial charge on any atom is -0.486 e. The van der Waals surface area contributed by atoms with Crippen LogP contribution in [0.2, 0.25) is 5.02 Å². The number of terminal acetylenes is 1. The number of hydrogen-bond acceptors (Lipinski definition) is 4. The second-order valence-electron chi connectivity index (χ2n) is 5.70. The predicted octanol–water partition coefficient (Wildman–Crippen LogP) is 5.49. The molecule has 4 nitrogen and oxygen atoms in total. The van der Waals surface area contributed by atoms with Crippen molar-refractivity contribution >= 4 is 56.5 Å². The van der Waals surface area contributed by atoms with E-state index >= 15 is 0 Å². The number of amides is 2. The second-order valence-corrected chi connectivity index (χ2v) is 7.96. The van der Waals surface area contributed by atoms with E-state index in [0.29, 0.717) is 20.8 Å². The zero-order chi connectivity index (χ0) is 20.3. The Morgan fingerprint density at radius 1 is 1.29 bits per heavy atom. The molecule has 0 aliphatic carbocycles. The molecule has 0 spiro atoms. The lowest BCUT2D eigenvalue weighted by molar-refractivity contribution is -0.122. The molecule has 0 radical (unpaired) electrons. The van der Waals surface area contributed by atoms with Crippen molar-refractivity contribution in [1.29, 1.82) is 0 Å². The van der Waals surface area contributed by atoms with E-state index in [1.165, 1.54) is 12.1 Å². The lowest BCUT2D eigenvalue weighted by atomic mass is 10.2. The summed E-state index contributed by atoms with van der Waals surface area (Å²) >= 11 is 10.5. The predicted molar refractivity (Wildman–Crippen MR) is 111 cm³/mol. The standard InChI is InChI=1S/C20H12BrClFNO3S/c1-2-7-24-19(25)17(28-20(24)26)10-13-8-15(21)18(16(22)9-13)27-11-12-3-5-14(23)6-4-12/h1,3-6,8-10H,7,11H2/b17-10+. The molecule has 1 heterocycles. The summed E-state index contributed by atoms with van der Waals surface area (Å²) in [4.78, 5) is 25.4. The van der Waals surface area contributed by atoms with E-state index in [0.717, 1.165) is 22.2 Å². The summed E-state index contributed by atoms with van der Waals surface area (Å²) in [5.74, 6) is 1.96. The van der Waals surface area contributed by atoms with Crippen LogP contribution in [0.25, 0.3) is 6.08 Å². The Morgan fingerprint density at radius 2 is 2.00 bits per heavy atom. The summed E-state index contributed by atoms with van der Waals surface area (Å²) < 4.78 is 19.3. The smallest absolute Gasteiger partial charge is 0.294 e. The Morgan fingerprint density at radius 3 is 2.64 bits per heavy atom. The molecule has 1 saturated heterocycles. The lowest BCUT2D eigenvalue weighted by Crippen LogP contribution is -2.28. The fourth-order valence-corrected chi connectivity index (χ4v) is 4.24. The number of carbonyl (C=O) groups excluding carboxylic acids is 2. The Hall–Kier alpha value is -2.27. The van der Waals surface area contributed by atoms with Crippen molar-refractivity contribution in [2.75, 3.05) is 6.54 Å². The molecule has 28 heavy (non-hydrogen) atoms. The fraction of sp³-hybridized carbons (Fsp3) is 0.100. The van der Waals surface area contributed by atoms with Gasteiger partial charge in [0.2, 0.25) is 0 Å². The molecule has 1 aliphatic heterocycles. The number of ether oxygens (including phenoxy) is 1. The van der Waals surface area contributed by atoms with E-state index in [1.807, 2.05) is 0 Å². The molecule has 2 aromatic rings. The molecule has 2 amide bonds. The first-order valence-electron chi connectivity index (χ1n) is 7.94. The molecule has 1 aliphatic rings. The molecule has 3 rings (SSSR count). The number of thioether (sulfide) groups is 1. The maximum atomic E-state index is 13.0. The van der Waals surface area contributed by atoms with Gasteiger partial charge in [-0.2, -0.15) is 0 Å². The number of carbonyl (C=O) groups is 2. The zero-order valence-electron chi connectivity index (χ0n) is 14.2. The first-order chi connectivity index (χ1) is 13.4. The van der Waals surface area contributed by atoms with Crippen LogP contribution in [0.15, 0.2) is 45.8 Å². The van der Waals surface area contributed by atoms with Crippen molar-refractivity contribution < 1.29 is 18.7 Å². The minimum atomic E-state index is -0.433. The van der Waals surface area contributed by atoms with Gasteiger partial charge in [-0.25, -0.2) is 4.39 Å². The summed E-state index contributed by atoms with van der Waals surface area (Å²) in [5.41, 5.74) is 1.41. The van der Waals surface area contributed by atoms with Gasteiger partial charge >= 0.3 is 0 Å². The second kappa shape index (κ2) is 8.82. The van der Waals surface area contributed by atoms with Gasteiger partial charge in [0, 0.05) is 0 Å². The normalized spacial score (nSPS) is 15.2. The number of rotatable bonds is 5. The van der Waals surface area contributed by atoms with Crippen molar-refractivity contribution in [3.05, 3.63) is 67.7 Å². The quantitative estimate of drug-likeness (QED) is 0.419. The maximum Gasteiger partial charge on any atom is 0.294 e. The monoisotopic (exact) mass is 479 g/mol. The van der Waals surface area contributed by atoms with Crippen molar-refractivity contribution in [2.45, 2.75) is 6.61 Å². The Kier molecular flexibility index (Phi) is 6.45. The molecule has 0 atom stereocenters. The van der Waals surface area contributed by atoms with E-state index in [4.69, 9.17) is 22.8 Å². The van der Waals surface area contributed by atoms with Crippen LogP contribution in [0.1, 0.15) is 11.1 Å². The maximum absolute atomic E-state index is 13.0. The van der Waals surface area contributed by atoms with Crippen LogP contribution in [0, 0.1) is 18.2 Å². The van der Waals surface area contributed by atoms with Gasteiger partial charge in [0.05, 0.1) is 20.9 Å². The molecule has 0 unspecified atom stereocenters. The van der Waals surface area contributed by atoms with Crippen LogP contribution in [-0.4, -0.2) is 22.6 Å². The topological polar surface area (TPSA) is 46.6 Å². The fourth-order valence-electron chi connectivity index (χ4n) is 2.42. The Labute approximate surface area is 178 Å². The average molecular weight is 481 g/mol. The lowest BCUT2D eigenvalue weighted by Gasteiger charge is -2.11. The van der Waals surface area contributed by atoms with Crippen LogP contribution in [0.5, 0.6) is 5.75 Å². The van der Waals surface area contributed by atoms with Gasteiger partial charge in [0.1, 0.15) is 12.4 Å². The van der Waals surface area contributed by atoms with E-state index in [9.17, 15) is 14.0 Å². The van der Waals surface area contributed by atoms with Crippen LogP contribution in [-0.2, 0) is 11.4 Å². The molecular weight excluding hydrogens is 469 g/mol. The average Bonchev–Trinajstić information content (AvgIpc) is 2.90. The van der Waals surface area contributed by atoms with Gasteiger partial charge in [-0.05, 0) is 69.2 Å². The molecule has 0 bridgehead atoms. The summed E-state index contributed by atoms with van der Waals surface area (Å²) in [6, 6.07) is 9.30. The van der Waals surface area contributed by atoms with Gasteiger partial charge in [-0.3, -0.25) is 14.5 Å². The van der Waals surface area contributed by atoms with Crippen molar-refractivity contribution in [2.24, 2.45) is 0 Å². The van der Waals surface area contributed by atoms with Gasteiger partial charge in [0.25, 0.3) is 11.1 Å². The highest BCUT2D eigenvalue weighted by molar-refractivity contribution is 9.10. The number of imide groups is 1. The molecule has 8 heteroatoms. The third kappa shape index (κ3) is 4.58. The van der Waals surface area contributed by atoms with E-state index < -0.39 is 11.1 Å². The number of halogens is 3. The highest BCUT2D eigenvalue weighted by atomic mass is 79.9. The highest BCUT2D eigenvalue weighted by Crippen LogP contribution is 2.37. The first-order valence-corrected chi connectivity index (χ1v) is 9.93. The number of hydrogen-bond donors (Lipinski definition) is 0. The van der Waals surface area contributed by atoms with E-state index in [1.54, 1.807) is 30.3 Å². The summed E-state index contributed by atoms with van der Waals surface area (Å²) in [5, 5.41) is -0.0794. The van der Waals surface area contributed by atoms with Gasteiger partial charge in [-0.1, -0.05) is 29.7 Å². The first kappa shape index (κ1) is 20.5. The SMILES string of the molecule is C#CCN1C(=O)S/C(=C/c2cc(Cl)c(OCc3ccc(F)cc3)c(Br)c2)C1=O. The van der Waals surface area contributed by atoms with Gasteiger partial charge in [-0.15, -0.1) is 6.42 Å². The van der Waals surface area contributed by atoms with Crippen molar-refractivity contribution in [3.8, 4) is 18.1 Å². The highest BCUT2D eigenvalue weighted by Gasteiger charge is 2.34. The molecule has 2 aromatic carbocycles. The molecule has 1 fully saturated rings. The third-order valence-electron chi connectivity index (χ3n) is 3.74. The largest absolute Gasteiger partial charge is 0.486 e. The minimum absolute atomic E-state index is 0.0668. The summed E-state index contributed by atoms with van der Waals surface area (Å²) in [6.07, 6.45) is 6.76. The molecule has 142 valence electrons. The van der Waals surface area contributed by atoms with Crippen LogP contribution >= 0.6 is 39.3 Å². The Bertz CT molecular complexity index is 994. The third-order valence-corrected chi connectivity index (χ3v) is 5.51. The zero-order valence-corrected chi connectivity index (χ0v) is 17.4. The van der Waals surface area contributed by atoms with Crippen LogP contribution in [0.3, 0.4) is 0 Å². The molecule has 0 aromatic heterocycles. The molecular formula is C20H12BrClFNO3S. The van der Waals surface area contributed by atoms with Gasteiger partial charge in [0.15, 0.2) is 5.75 Å². The number of nitrogens with zero attached hydrogens (tertiary/aromatic N) is 1. The molecule has 0 N–H and O–H groups in total. The summed E-state index contributed by atoms with van der Waals surface area (Å²) in [6.45, 7) is 0.144. The van der Waals surface area contributed by atoms with E-state index in [2.05, 4.69) is 21.9 Å². The summed E-state index contributed by atoms with van der Waals surface area (Å²) in [7, 11) is 0. The van der Waals surface area contributed by atoms with Crippen LogP contribution < -0.4 is 4.74 Å². The number of benzene rings is 2. The van der Waals surface area contributed by atoms with Crippen molar-refractivity contribution in [1.82, 2.24) is 4.90 Å². The van der Waals surface area contributed by atoms with Crippen molar-refractivity contribution in [3.63, 3.8) is 0 Å². The van der Waals surface area contributed by atoms with Crippen LogP contribution in [0.4, 0.5) is 9.18 Å². The molecule has 0 saturated carbocycles. The van der Waals surface area contributed by atoms with E-state index in [-0.39, 0.29) is 23.9 Å². The van der Waals surface area contributed by atoms with Gasteiger partial charge < -0.3 is 4.74 Å².